The molecule has 5 heteroatoms. The van der Waals surface area contributed by atoms with Gasteiger partial charge in [-0.15, -0.1) is 0 Å². The predicted octanol–water partition coefficient (Wildman–Crippen LogP) is -0.337. The van der Waals surface area contributed by atoms with Gasteiger partial charge in [0.15, 0.2) is 4.87 Å². The van der Waals surface area contributed by atoms with Gasteiger partial charge < -0.3 is 5.73 Å². The van der Waals surface area contributed by atoms with Gasteiger partial charge >= 0.3 is 0 Å². The summed E-state index contributed by atoms with van der Waals surface area (Å²) in [4.78, 5) is -1.80. The van der Waals surface area contributed by atoms with Gasteiger partial charge in [0.2, 0.25) is 0 Å². The van der Waals surface area contributed by atoms with Crippen molar-refractivity contribution in [3.63, 3.8) is 0 Å². The van der Waals surface area contributed by atoms with E-state index in [1.807, 2.05) is 0 Å². The van der Waals surface area contributed by atoms with E-state index < -0.39 is 15.0 Å². The second-order valence-electron chi connectivity index (χ2n) is 2.17. The zero-order valence-corrected chi connectivity index (χ0v) is 6.38. The second-order valence-corrected chi connectivity index (χ2v) is 3.82. The Bertz CT molecular complexity index is 304. The van der Waals surface area contributed by atoms with Crippen LogP contribution in [0.15, 0.2) is 18.2 Å². The van der Waals surface area contributed by atoms with Crippen LogP contribution in [-0.4, -0.2) is 17.8 Å². The third-order valence-corrected chi connectivity index (χ3v) is 2.45. The van der Waals surface area contributed by atoms with Crippen molar-refractivity contribution in [1.29, 1.82) is 0 Å². The molecule has 1 atom stereocenters. The number of allylic oxidation sites excluding steroid dienone is 2. The summed E-state index contributed by atoms with van der Waals surface area (Å²) < 4.78 is 29.8. The predicted molar refractivity (Wildman–Crippen MR) is 39.7 cm³/mol. The van der Waals surface area contributed by atoms with Gasteiger partial charge in [-0.1, -0.05) is 12.2 Å². The summed E-state index contributed by atoms with van der Waals surface area (Å²) in [7, 11) is -4.27. The van der Waals surface area contributed by atoms with Crippen LogP contribution in [0.25, 0.3) is 0 Å². The Labute approximate surface area is 65.1 Å². The van der Waals surface area contributed by atoms with Gasteiger partial charge in [-0.25, -0.2) is 0 Å². The van der Waals surface area contributed by atoms with Gasteiger partial charge in [0.05, 0.1) is 0 Å². The van der Waals surface area contributed by atoms with E-state index in [1.54, 1.807) is 0 Å². The van der Waals surface area contributed by atoms with Crippen molar-refractivity contribution >= 4 is 10.1 Å². The first kappa shape index (κ1) is 8.45. The molecule has 0 aromatic heterocycles. The molecule has 0 heterocycles. The van der Waals surface area contributed by atoms with Crippen molar-refractivity contribution in [3.8, 4) is 0 Å². The van der Waals surface area contributed by atoms with Crippen LogP contribution in [0.5, 0.6) is 0 Å². The van der Waals surface area contributed by atoms with E-state index in [-0.39, 0.29) is 0 Å². The van der Waals surface area contributed by atoms with Gasteiger partial charge in [-0.2, -0.15) is 8.42 Å². The molecule has 0 saturated heterocycles. The minimum absolute atomic E-state index is 1.09. The Morgan fingerprint density at radius 2 is 2.18 bits per heavy atom. The number of hydrogen-bond acceptors (Lipinski definition) is 3. The third kappa shape index (κ3) is 1.50. The van der Waals surface area contributed by atoms with Crippen LogP contribution in [0.3, 0.4) is 0 Å². The molecule has 1 aliphatic rings. The van der Waals surface area contributed by atoms with E-state index in [9.17, 15) is 8.42 Å². The highest BCUT2D eigenvalue weighted by molar-refractivity contribution is 7.87. The molecular weight excluding hydrogens is 166 g/mol. The monoisotopic (exact) mass is 173 g/mol. The second kappa shape index (κ2) is 2.44. The first-order valence-corrected chi connectivity index (χ1v) is 4.27. The van der Waals surface area contributed by atoms with Crippen LogP contribution in [0.1, 0.15) is 0 Å². The highest BCUT2D eigenvalue weighted by atomic mass is 32.2. The van der Waals surface area contributed by atoms with Crippen LogP contribution in [0.4, 0.5) is 0 Å². The fraction of sp³-hybridized carbons (Fsp3) is 0.167. The lowest BCUT2D eigenvalue weighted by Gasteiger charge is -2.21. The van der Waals surface area contributed by atoms with E-state index in [0.29, 0.717) is 0 Å². The number of nitrogens with two attached hydrogens (primary N) is 1. The maximum absolute atomic E-state index is 10.6. The van der Waals surface area contributed by atoms with E-state index >= 15 is 0 Å². The number of rotatable bonds is 1. The van der Waals surface area contributed by atoms with Crippen molar-refractivity contribution in [2.24, 2.45) is 5.73 Å². The molecule has 3 N–H and O–H groups in total. The molecule has 4 nitrogen and oxygen atoms in total. The summed E-state index contributed by atoms with van der Waals surface area (Å²) in [5.41, 5.74) is 5.27. The fourth-order valence-electron chi connectivity index (χ4n) is 0.641. The molecule has 60 valence electrons. The van der Waals surface area contributed by atoms with Crippen molar-refractivity contribution in [3.05, 3.63) is 30.7 Å². The van der Waals surface area contributed by atoms with E-state index in [4.69, 9.17) is 10.3 Å². The lowest BCUT2D eigenvalue weighted by atomic mass is 10.1. The lowest BCUT2D eigenvalue weighted by Crippen LogP contribution is -2.46. The van der Waals surface area contributed by atoms with Gasteiger partial charge in [-0.3, -0.25) is 4.55 Å². The highest BCUT2D eigenvalue weighted by Crippen LogP contribution is 2.18. The molecular formula is C6H7NO3S. The first-order chi connectivity index (χ1) is 4.96. The zero-order chi connectivity index (χ0) is 8.54. The standard InChI is InChI=1S/C6H7NO3S/c7-6(11(8,9)10)4-2-1-3-5-6/h1-2,4-5H,7H2,(H,8,9,10). The third-order valence-electron chi connectivity index (χ3n) is 1.30. The first-order valence-electron chi connectivity index (χ1n) is 2.83. The molecule has 1 unspecified atom stereocenters. The summed E-state index contributed by atoms with van der Waals surface area (Å²) in [5.74, 6) is 0. The van der Waals surface area contributed by atoms with Gasteiger partial charge in [-0.05, 0) is 12.2 Å². The molecule has 0 aromatic rings. The highest BCUT2D eigenvalue weighted by Gasteiger charge is 2.36. The van der Waals surface area contributed by atoms with Gasteiger partial charge in [0, 0.05) is 6.42 Å². The fourth-order valence-corrected chi connectivity index (χ4v) is 1.11. The van der Waals surface area contributed by atoms with Crippen molar-refractivity contribution < 1.29 is 13.0 Å². The average molecular weight is 173 g/mol. The molecule has 0 saturated carbocycles. The summed E-state index contributed by atoms with van der Waals surface area (Å²) in [6.45, 7) is 0. The van der Waals surface area contributed by atoms with Crippen molar-refractivity contribution in [2.45, 2.75) is 4.87 Å². The van der Waals surface area contributed by atoms with Crippen LogP contribution in [-0.2, 0) is 10.1 Å². The molecule has 11 heavy (non-hydrogen) atoms. The lowest BCUT2D eigenvalue weighted by molar-refractivity contribution is 0.459. The molecule has 0 amide bonds. The van der Waals surface area contributed by atoms with Crippen LogP contribution in [0, 0.1) is 12.5 Å². The topological polar surface area (TPSA) is 80.4 Å². The molecule has 0 bridgehead atoms. The SMILES string of the molecule is NC1(S(=O)(=O)O)[CH]C=C[C]=C1. The van der Waals surface area contributed by atoms with E-state index in [2.05, 4.69) is 6.08 Å². The molecule has 1 aliphatic carbocycles. The van der Waals surface area contributed by atoms with Gasteiger partial charge in [0.1, 0.15) is 0 Å². The normalized spacial score (nSPS) is 30.7. The molecule has 0 aliphatic heterocycles. The molecule has 0 aromatic carbocycles. The molecule has 0 spiro atoms. The summed E-state index contributed by atoms with van der Waals surface area (Å²) >= 11 is 0. The Kier molecular flexibility index (Phi) is 1.87. The Balaban J connectivity index is 3.04. The van der Waals surface area contributed by atoms with Crippen LogP contribution >= 0.6 is 0 Å². The zero-order valence-electron chi connectivity index (χ0n) is 5.56. The molecule has 0 fully saturated rings. The Morgan fingerprint density at radius 3 is 2.45 bits per heavy atom. The van der Waals surface area contributed by atoms with E-state index in [0.717, 1.165) is 6.08 Å². The quantitative estimate of drug-likeness (QED) is 0.532. The van der Waals surface area contributed by atoms with E-state index in [1.165, 1.54) is 18.6 Å². The minimum Gasteiger partial charge on any atom is -0.307 e. The van der Waals surface area contributed by atoms with Crippen LogP contribution in [0.2, 0.25) is 0 Å². The summed E-state index contributed by atoms with van der Waals surface area (Å²) in [6, 6.07) is 0. The van der Waals surface area contributed by atoms with Crippen molar-refractivity contribution in [1.82, 2.24) is 0 Å². The molecule has 2 radical (unpaired) electrons. The Hall–Kier alpha value is -0.650. The van der Waals surface area contributed by atoms with Crippen LogP contribution < -0.4 is 5.73 Å². The van der Waals surface area contributed by atoms with Crippen molar-refractivity contribution in [2.75, 3.05) is 0 Å². The maximum atomic E-state index is 10.6. The number of hydrogen-bond donors (Lipinski definition) is 2. The average Bonchev–Trinajstić information content (AvgIpc) is 1.87. The summed E-state index contributed by atoms with van der Waals surface area (Å²) in [6.07, 6.45) is 7.65. The largest absolute Gasteiger partial charge is 0.307 e. The summed E-state index contributed by atoms with van der Waals surface area (Å²) in [5, 5.41) is 0. The molecule has 1 rings (SSSR count). The Morgan fingerprint density at radius 1 is 1.55 bits per heavy atom. The smallest absolute Gasteiger partial charge is 0.288 e. The maximum Gasteiger partial charge on any atom is 0.288 e. The van der Waals surface area contributed by atoms with Gasteiger partial charge in [0.25, 0.3) is 10.1 Å². The minimum atomic E-state index is -4.27.